The Labute approximate surface area is 108 Å². The lowest BCUT2D eigenvalue weighted by Crippen LogP contribution is -2.44. The fourth-order valence-electron chi connectivity index (χ4n) is 1.99. The third kappa shape index (κ3) is 2.83. The zero-order chi connectivity index (χ0) is 11.4. The van der Waals surface area contributed by atoms with Crippen LogP contribution in [0.2, 0.25) is 0 Å². The van der Waals surface area contributed by atoms with Crippen LogP contribution in [0, 0.1) is 11.3 Å². The van der Waals surface area contributed by atoms with Crippen molar-refractivity contribution in [2.45, 2.75) is 12.5 Å². The first-order valence-corrected chi connectivity index (χ1v) is 7.04. The Bertz CT molecular complexity index is 379. The fraction of sp³-hybridized carbons (Fsp3) is 0.545. The molecule has 0 amide bonds. The lowest BCUT2D eigenvalue weighted by Gasteiger charge is -2.33. The van der Waals surface area contributed by atoms with Crippen molar-refractivity contribution < 1.29 is 0 Å². The summed E-state index contributed by atoms with van der Waals surface area (Å²) in [6.45, 7) is 4.10. The molecule has 1 atom stereocenters. The van der Waals surface area contributed by atoms with Crippen molar-refractivity contribution >= 4 is 27.3 Å². The summed E-state index contributed by atoms with van der Waals surface area (Å²) < 4.78 is 1.12. The Kier molecular flexibility index (Phi) is 4.36. The summed E-state index contributed by atoms with van der Waals surface area (Å²) in [5.74, 6) is 0. The van der Waals surface area contributed by atoms with Gasteiger partial charge in [0.05, 0.1) is 18.5 Å². The van der Waals surface area contributed by atoms with Crippen LogP contribution >= 0.6 is 27.3 Å². The molecule has 1 saturated heterocycles. The number of nitrogens with one attached hydrogen (secondary N) is 1. The summed E-state index contributed by atoms with van der Waals surface area (Å²) in [6, 6.07) is 4.70. The predicted molar refractivity (Wildman–Crippen MR) is 69.4 cm³/mol. The van der Waals surface area contributed by atoms with Crippen LogP contribution in [0.3, 0.4) is 0 Å². The molecule has 3 nitrogen and oxygen atoms in total. The normalized spacial score (nSPS) is 19.2. The van der Waals surface area contributed by atoms with E-state index >= 15 is 0 Å². The number of rotatable bonds is 3. The van der Waals surface area contributed by atoms with Gasteiger partial charge in [-0.25, -0.2) is 0 Å². The Hall–Kier alpha value is -0.410. The average molecular weight is 300 g/mol. The van der Waals surface area contributed by atoms with Crippen molar-refractivity contribution in [3.05, 3.63) is 20.8 Å². The summed E-state index contributed by atoms with van der Waals surface area (Å²) in [5.41, 5.74) is 0. The van der Waals surface area contributed by atoms with Crippen molar-refractivity contribution in [2.75, 3.05) is 26.2 Å². The van der Waals surface area contributed by atoms with E-state index in [0.717, 1.165) is 30.7 Å². The van der Waals surface area contributed by atoms with Gasteiger partial charge in [0.2, 0.25) is 0 Å². The van der Waals surface area contributed by atoms with E-state index in [2.05, 4.69) is 43.7 Å². The number of thiophene rings is 1. The van der Waals surface area contributed by atoms with Gasteiger partial charge in [-0.05, 0) is 22.0 Å². The first-order valence-electron chi connectivity index (χ1n) is 5.37. The maximum Gasteiger partial charge on any atom is 0.0642 e. The summed E-state index contributed by atoms with van der Waals surface area (Å²) in [5, 5.41) is 14.4. The van der Waals surface area contributed by atoms with Gasteiger partial charge in [-0.2, -0.15) is 5.26 Å². The van der Waals surface area contributed by atoms with Gasteiger partial charge in [0.15, 0.2) is 0 Å². The molecule has 1 aromatic heterocycles. The van der Waals surface area contributed by atoms with Crippen molar-refractivity contribution in [3.8, 4) is 6.07 Å². The number of nitriles is 1. The van der Waals surface area contributed by atoms with Crippen molar-refractivity contribution in [1.29, 1.82) is 5.26 Å². The molecule has 16 heavy (non-hydrogen) atoms. The second-order valence-corrected chi connectivity index (χ2v) is 5.69. The topological polar surface area (TPSA) is 39.1 Å². The van der Waals surface area contributed by atoms with Crippen LogP contribution in [0.5, 0.6) is 0 Å². The highest BCUT2D eigenvalue weighted by atomic mass is 79.9. The van der Waals surface area contributed by atoms with E-state index in [0.29, 0.717) is 6.42 Å². The van der Waals surface area contributed by atoms with E-state index in [1.165, 1.54) is 4.88 Å². The molecular formula is C11H14BrN3S. The lowest BCUT2D eigenvalue weighted by atomic mass is 10.1. The minimum Gasteiger partial charge on any atom is -0.314 e. The number of hydrogen-bond acceptors (Lipinski definition) is 4. The van der Waals surface area contributed by atoms with Crippen LogP contribution in [0.4, 0.5) is 0 Å². The predicted octanol–water partition coefficient (Wildman–Crippen LogP) is 2.37. The van der Waals surface area contributed by atoms with Crippen molar-refractivity contribution in [1.82, 2.24) is 10.2 Å². The molecule has 1 aliphatic heterocycles. The van der Waals surface area contributed by atoms with Gasteiger partial charge in [-0.3, -0.25) is 4.90 Å². The molecule has 5 heteroatoms. The fourth-order valence-corrected chi connectivity index (χ4v) is 3.57. The molecule has 0 saturated carbocycles. The Morgan fingerprint density at radius 2 is 2.31 bits per heavy atom. The van der Waals surface area contributed by atoms with Crippen molar-refractivity contribution in [2.24, 2.45) is 0 Å². The zero-order valence-electron chi connectivity index (χ0n) is 8.95. The first kappa shape index (κ1) is 12.1. The van der Waals surface area contributed by atoms with E-state index in [1.54, 1.807) is 11.3 Å². The van der Waals surface area contributed by atoms with Gasteiger partial charge in [0, 0.05) is 40.9 Å². The number of halogens is 1. The quantitative estimate of drug-likeness (QED) is 0.931. The average Bonchev–Trinajstić information content (AvgIpc) is 2.74. The van der Waals surface area contributed by atoms with Gasteiger partial charge in [-0.15, -0.1) is 11.3 Å². The maximum atomic E-state index is 8.94. The van der Waals surface area contributed by atoms with Gasteiger partial charge in [0.25, 0.3) is 0 Å². The molecule has 0 radical (unpaired) electrons. The van der Waals surface area contributed by atoms with E-state index in [4.69, 9.17) is 5.26 Å². The van der Waals surface area contributed by atoms with Crippen LogP contribution in [0.15, 0.2) is 15.9 Å². The largest absolute Gasteiger partial charge is 0.314 e. The maximum absolute atomic E-state index is 8.94. The zero-order valence-corrected chi connectivity index (χ0v) is 11.4. The smallest absolute Gasteiger partial charge is 0.0642 e. The summed E-state index contributed by atoms with van der Waals surface area (Å²) >= 11 is 5.20. The summed E-state index contributed by atoms with van der Waals surface area (Å²) in [4.78, 5) is 3.69. The molecule has 1 fully saturated rings. The molecule has 0 unspecified atom stereocenters. The molecule has 86 valence electrons. The molecule has 0 aliphatic carbocycles. The van der Waals surface area contributed by atoms with E-state index in [-0.39, 0.29) is 6.04 Å². The van der Waals surface area contributed by atoms with E-state index < -0.39 is 0 Å². The van der Waals surface area contributed by atoms with E-state index in [9.17, 15) is 0 Å². The van der Waals surface area contributed by atoms with Gasteiger partial charge in [0.1, 0.15) is 0 Å². The molecule has 1 N–H and O–H groups in total. The Morgan fingerprint density at radius 1 is 1.56 bits per heavy atom. The third-order valence-corrected chi connectivity index (χ3v) is 4.59. The number of hydrogen-bond donors (Lipinski definition) is 1. The molecule has 1 aliphatic rings. The highest BCUT2D eigenvalue weighted by Crippen LogP contribution is 2.31. The molecular weight excluding hydrogens is 286 g/mol. The van der Waals surface area contributed by atoms with Gasteiger partial charge < -0.3 is 5.32 Å². The number of nitrogens with zero attached hydrogens (tertiary/aromatic N) is 2. The van der Waals surface area contributed by atoms with Crippen LogP contribution in [0.25, 0.3) is 0 Å². The first-order chi connectivity index (χ1) is 7.81. The summed E-state index contributed by atoms with van der Waals surface area (Å²) in [6.07, 6.45) is 0.576. The molecule has 2 heterocycles. The lowest BCUT2D eigenvalue weighted by molar-refractivity contribution is 0.178. The molecule has 0 aromatic carbocycles. The molecule has 0 spiro atoms. The number of piperazine rings is 1. The standard InChI is InChI=1S/C11H14BrN3S/c12-9-7-11(16-8-9)10(1-2-13)15-5-3-14-4-6-15/h7-8,10,14H,1,3-6H2/t10-/m0/s1. The minimum absolute atomic E-state index is 0.267. The Morgan fingerprint density at radius 3 is 2.88 bits per heavy atom. The van der Waals surface area contributed by atoms with Gasteiger partial charge in [-0.1, -0.05) is 0 Å². The van der Waals surface area contributed by atoms with Crippen molar-refractivity contribution in [3.63, 3.8) is 0 Å². The molecule has 2 rings (SSSR count). The van der Waals surface area contributed by atoms with Crippen LogP contribution < -0.4 is 5.32 Å². The summed E-state index contributed by atoms with van der Waals surface area (Å²) in [7, 11) is 0. The second kappa shape index (κ2) is 5.78. The van der Waals surface area contributed by atoms with Crippen LogP contribution in [0.1, 0.15) is 17.3 Å². The highest BCUT2D eigenvalue weighted by molar-refractivity contribution is 9.10. The van der Waals surface area contributed by atoms with Crippen LogP contribution in [-0.2, 0) is 0 Å². The monoisotopic (exact) mass is 299 g/mol. The Balaban J connectivity index is 2.13. The molecule has 0 bridgehead atoms. The van der Waals surface area contributed by atoms with Crippen LogP contribution in [-0.4, -0.2) is 31.1 Å². The highest BCUT2D eigenvalue weighted by Gasteiger charge is 2.23. The molecule has 1 aromatic rings. The SMILES string of the molecule is N#CC[C@@H](c1cc(Br)cs1)N1CCNCC1. The van der Waals surface area contributed by atoms with Gasteiger partial charge >= 0.3 is 0 Å². The minimum atomic E-state index is 0.267. The second-order valence-electron chi connectivity index (χ2n) is 3.83. The third-order valence-electron chi connectivity index (χ3n) is 2.79. The van der Waals surface area contributed by atoms with E-state index in [1.807, 2.05) is 0 Å².